The van der Waals surface area contributed by atoms with Gasteiger partial charge >= 0.3 is 0 Å². The molecule has 2 aromatic rings. The van der Waals surface area contributed by atoms with E-state index in [0.717, 1.165) is 42.6 Å². The first-order valence-electron chi connectivity index (χ1n) is 8.26. The topological polar surface area (TPSA) is 54.5 Å². The Labute approximate surface area is 146 Å². The van der Waals surface area contributed by atoms with E-state index in [4.69, 9.17) is 4.74 Å². The summed E-state index contributed by atoms with van der Waals surface area (Å²) in [7, 11) is 0. The summed E-state index contributed by atoms with van der Waals surface area (Å²) in [6.45, 7) is 8.17. The third-order valence-corrected chi connectivity index (χ3v) is 5.25. The predicted molar refractivity (Wildman–Crippen MR) is 96.5 cm³/mol. The van der Waals surface area contributed by atoms with Crippen molar-refractivity contribution in [2.75, 3.05) is 32.8 Å². The van der Waals surface area contributed by atoms with Crippen molar-refractivity contribution in [3.05, 3.63) is 40.9 Å². The molecule has 6 heteroatoms. The molecule has 0 spiro atoms. The summed E-state index contributed by atoms with van der Waals surface area (Å²) in [6, 6.07) is 7.95. The number of nitrogens with one attached hydrogen (secondary N) is 1. The standard InChI is InChI=1S/C18H23N3O2S/c1-13-12-24-18(20-13)16-5-3-15(4-6-16)17(22)19-11-14(2)21-7-9-23-10-8-21/h3-6,12,14H,7-11H2,1-2H3,(H,19,22)/t14-/m1/s1. The second-order valence-corrected chi connectivity index (χ2v) is 6.94. The summed E-state index contributed by atoms with van der Waals surface area (Å²) < 4.78 is 5.36. The van der Waals surface area contributed by atoms with Gasteiger partial charge in [0.1, 0.15) is 5.01 Å². The van der Waals surface area contributed by atoms with Gasteiger partial charge in [-0.15, -0.1) is 11.3 Å². The molecule has 5 nitrogen and oxygen atoms in total. The van der Waals surface area contributed by atoms with Crippen molar-refractivity contribution in [1.29, 1.82) is 0 Å². The molecule has 1 saturated heterocycles. The van der Waals surface area contributed by atoms with Crippen LogP contribution >= 0.6 is 11.3 Å². The molecular weight excluding hydrogens is 322 g/mol. The Morgan fingerprint density at radius 1 is 1.33 bits per heavy atom. The summed E-state index contributed by atoms with van der Waals surface area (Å²) in [5.74, 6) is -0.0306. The Balaban J connectivity index is 1.55. The van der Waals surface area contributed by atoms with Crippen LogP contribution in [0.1, 0.15) is 23.0 Å². The molecule has 128 valence electrons. The van der Waals surface area contributed by atoms with Crippen LogP contribution in [0.25, 0.3) is 10.6 Å². The van der Waals surface area contributed by atoms with E-state index in [1.165, 1.54) is 0 Å². The Kier molecular flexibility index (Phi) is 5.60. The maximum Gasteiger partial charge on any atom is 0.251 e. The van der Waals surface area contributed by atoms with E-state index >= 15 is 0 Å². The third-order valence-electron chi connectivity index (χ3n) is 4.24. The van der Waals surface area contributed by atoms with Crippen molar-refractivity contribution < 1.29 is 9.53 Å². The minimum atomic E-state index is -0.0306. The third kappa shape index (κ3) is 4.20. The number of hydrogen-bond acceptors (Lipinski definition) is 5. The van der Waals surface area contributed by atoms with Gasteiger partial charge in [-0.25, -0.2) is 4.98 Å². The Bertz CT molecular complexity index is 678. The monoisotopic (exact) mass is 345 g/mol. The number of carbonyl (C=O) groups excluding carboxylic acids is 1. The van der Waals surface area contributed by atoms with Crippen molar-refractivity contribution >= 4 is 17.2 Å². The van der Waals surface area contributed by atoms with Crippen LogP contribution in [0.5, 0.6) is 0 Å². The van der Waals surface area contributed by atoms with Crippen molar-refractivity contribution in [3.8, 4) is 10.6 Å². The number of benzene rings is 1. The van der Waals surface area contributed by atoms with Crippen LogP contribution in [0.4, 0.5) is 0 Å². The van der Waals surface area contributed by atoms with E-state index in [1.807, 2.05) is 36.6 Å². The Hall–Kier alpha value is -1.76. The van der Waals surface area contributed by atoms with E-state index in [-0.39, 0.29) is 5.91 Å². The van der Waals surface area contributed by atoms with Crippen molar-refractivity contribution in [1.82, 2.24) is 15.2 Å². The highest BCUT2D eigenvalue weighted by atomic mass is 32.1. The minimum absolute atomic E-state index is 0.0306. The van der Waals surface area contributed by atoms with E-state index < -0.39 is 0 Å². The fourth-order valence-electron chi connectivity index (χ4n) is 2.74. The molecule has 0 saturated carbocycles. The quantitative estimate of drug-likeness (QED) is 0.905. The zero-order valence-corrected chi connectivity index (χ0v) is 14.9. The molecule has 1 N–H and O–H groups in total. The lowest BCUT2D eigenvalue weighted by Gasteiger charge is -2.32. The second kappa shape index (κ2) is 7.88. The van der Waals surface area contributed by atoms with Gasteiger partial charge in [-0.1, -0.05) is 12.1 Å². The predicted octanol–water partition coefficient (Wildman–Crippen LogP) is 2.57. The molecule has 0 radical (unpaired) electrons. The molecule has 0 aliphatic carbocycles. The maximum absolute atomic E-state index is 12.3. The number of nitrogens with zero attached hydrogens (tertiary/aromatic N) is 2. The van der Waals surface area contributed by atoms with Gasteiger partial charge in [0.25, 0.3) is 5.91 Å². The number of aromatic nitrogens is 1. The lowest BCUT2D eigenvalue weighted by molar-refractivity contribution is 0.0204. The molecule has 1 aliphatic heterocycles. The fraction of sp³-hybridized carbons (Fsp3) is 0.444. The molecule has 3 rings (SSSR count). The average molecular weight is 345 g/mol. The first kappa shape index (κ1) is 17.1. The zero-order valence-electron chi connectivity index (χ0n) is 14.1. The normalized spacial score (nSPS) is 16.8. The first-order valence-corrected chi connectivity index (χ1v) is 9.14. The van der Waals surface area contributed by atoms with Crippen LogP contribution in [0.3, 0.4) is 0 Å². The largest absolute Gasteiger partial charge is 0.379 e. The molecule has 0 unspecified atom stereocenters. The number of carbonyl (C=O) groups is 1. The minimum Gasteiger partial charge on any atom is -0.379 e. The number of morpholine rings is 1. The molecule has 0 bridgehead atoms. The highest BCUT2D eigenvalue weighted by molar-refractivity contribution is 7.13. The van der Waals surface area contributed by atoms with Crippen LogP contribution < -0.4 is 5.32 Å². The number of ether oxygens (including phenoxy) is 1. The lowest BCUT2D eigenvalue weighted by Crippen LogP contribution is -2.47. The van der Waals surface area contributed by atoms with Crippen molar-refractivity contribution in [2.24, 2.45) is 0 Å². The summed E-state index contributed by atoms with van der Waals surface area (Å²) in [5.41, 5.74) is 2.75. The molecular formula is C18H23N3O2S. The number of hydrogen-bond donors (Lipinski definition) is 1. The zero-order chi connectivity index (χ0) is 16.9. The highest BCUT2D eigenvalue weighted by Gasteiger charge is 2.17. The highest BCUT2D eigenvalue weighted by Crippen LogP contribution is 2.23. The first-order chi connectivity index (χ1) is 11.6. The lowest BCUT2D eigenvalue weighted by atomic mass is 10.1. The van der Waals surface area contributed by atoms with Gasteiger partial charge in [0, 0.05) is 47.9 Å². The molecule has 1 amide bonds. The molecule has 1 aliphatic rings. The van der Waals surface area contributed by atoms with Gasteiger partial charge < -0.3 is 10.1 Å². The van der Waals surface area contributed by atoms with Crippen LogP contribution in [-0.4, -0.2) is 54.7 Å². The Morgan fingerprint density at radius 3 is 2.67 bits per heavy atom. The maximum atomic E-state index is 12.3. The van der Waals surface area contributed by atoms with Crippen molar-refractivity contribution in [3.63, 3.8) is 0 Å². The van der Waals surface area contributed by atoms with Crippen LogP contribution in [0, 0.1) is 6.92 Å². The van der Waals surface area contributed by atoms with Crippen LogP contribution in [-0.2, 0) is 4.74 Å². The molecule has 1 atom stereocenters. The molecule has 1 aromatic carbocycles. The van der Waals surface area contributed by atoms with Gasteiger partial charge in [-0.2, -0.15) is 0 Å². The van der Waals surface area contributed by atoms with Crippen LogP contribution in [0.2, 0.25) is 0 Å². The summed E-state index contributed by atoms with van der Waals surface area (Å²) in [5, 5.41) is 6.04. The number of rotatable bonds is 5. The van der Waals surface area contributed by atoms with Gasteiger partial charge in [0.15, 0.2) is 0 Å². The van der Waals surface area contributed by atoms with Gasteiger partial charge in [-0.3, -0.25) is 9.69 Å². The van der Waals surface area contributed by atoms with Gasteiger partial charge in [0.2, 0.25) is 0 Å². The van der Waals surface area contributed by atoms with E-state index in [0.29, 0.717) is 18.2 Å². The average Bonchev–Trinajstić information content (AvgIpc) is 3.06. The second-order valence-electron chi connectivity index (χ2n) is 6.08. The van der Waals surface area contributed by atoms with Crippen LogP contribution in [0.15, 0.2) is 29.6 Å². The van der Waals surface area contributed by atoms with E-state index in [9.17, 15) is 4.79 Å². The molecule has 2 heterocycles. The fourth-order valence-corrected chi connectivity index (χ4v) is 3.54. The molecule has 1 fully saturated rings. The number of aryl methyl sites for hydroxylation is 1. The number of thiazole rings is 1. The molecule has 1 aromatic heterocycles. The SMILES string of the molecule is Cc1csc(-c2ccc(C(=O)NC[C@@H](C)N3CCOCC3)cc2)n1. The summed E-state index contributed by atoms with van der Waals surface area (Å²) in [4.78, 5) is 19.1. The van der Waals surface area contributed by atoms with E-state index in [1.54, 1.807) is 11.3 Å². The van der Waals surface area contributed by atoms with Gasteiger partial charge in [0.05, 0.1) is 13.2 Å². The van der Waals surface area contributed by atoms with Crippen molar-refractivity contribution in [2.45, 2.75) is 19.9 Å². The molecule has 24 heavy (non-hydrogen) atoms. The van der Waals surface area contributed by atoms with Gasteiger partial charge in [-0.05, 0) is 26.0 Å². The Morgan fingerprint density at radius 2 is 2.04 bits per heavy atom. The summed E-state index contributed by atoms with van der Waals surface area (Å²) in [6.07, 6.45) is 0. The summed E-state index contributed by atoms with van der Waals surface area (Å²) >= 11 is 1.62. The smallest absolute Gasteiger partial charge is 0.251 e. The number of amides is 1. The van der Waals surface area contributed by atoms with E-state index in [2.05, 4.69) is 22.1 Å².